The molecule has 0 spiro atoms. The summed E-state index contributed by atoms with van der Waals surface area (Å²) in [7, 11) is 0. The van der Waals surface area contributed by atoms with Crippen LogP contribution in [-0.4, -0.2) is 34.2 Å². The number of benzene rings is 2. The fraction of sp³-hybridized carbons (Fsp3) is 0.414. The van der Waals surface area contributed by atoms with Crippen LogP contribution >= 0.6 is 11.6 Å². The standard InChI is InChI=1S/C23H25ClO3.C3H6O2.C3H6O/c1-15-5-8-19(9-6-15)10-12-21(27)14-23(17(3)25,18(4)26)22-13-20(24)11-7-16(22)2;1-2-3(4)5;1-3(2)4/h5-9,11,13H,10,12,14H2,1-4H3;2H2,1H3,(H,4,5);1-2H3. The molecule has 0 aromatic heterocycles. The van der Waals surface area contributed by atoms with Gasteiger partial charge in [0.15, 0.2) is 0 Å². The first-order valence-electron chi connectivity index (χ1n) is 11.7. The molecule has 0 aliphatic heterocycles. The fourth-order valence-corrected chi connectivity index (χ4v) is 3.62. The molecule has 2 aromatic carbocycles. The molecule has 196 valence electrons. The fourth-order valence-electron chi connectivity index (χ4n) is 3.45. The normalized spacial score (nSPS) is 10.2. The molecule has 7 heteroatoms. The Balaban J connectivity index is 0.00000117. The number of hydrogen-bond donors (Lipinski definition) is 1. The molecule has 0 radical (unpaired) electrons. The van der Waals surface area contributed by atoms with Crippen molar-refractivity contribution < 1.29 is 29.1 Å². The molecule has 2 rings (SSSR count). The minimum Gasteiger partial charge on any atom is -0.481 e. The number of carboxylic acids is 1. The van der Waals surface area contributed by atoms with Crippen LogP contribution in [0.4, 0.5) is 0 Å². The summed E-state index contributed by atoms with van der Waals surface area (Å²) in [6.07, 6.45) is 0.954. The van der Waals surface area contributed by atoms with Crippen molar-refractivity contribution in [3.63, 3.8) is 0 Å². The van der Waals surface area contributed by atoms with Crippen molar-refractivity contribution >= 4 is 40.7 Å². The molecule has 2 aromatic rings. The van der Waals surface area contributed by atoms with E-state index in [2.05, 4.69) is 0 Å². The Morgan fingerprint density at radius 1 is 0.861 bits per heavy atom. The quantitative estimate of drug-likeness (QED) is 0.407. The third-order valence-electron chi connectivity index (χ3n) is 5.44. The lowest BCUT2D eigenvalue weighted by Crippen LogP contribution is -2.44. The number of ketones is 4. The molecule has 36 heavy (non-hydrogen) atoms. The van der Waals surface area contributed by atoms with Crippen molar-refractivity contribution in [3.8, 4) is 0 Å². The van der Waals surface area contributed by atoms with Crippen LogP contribution in [0.15, 0.2) is 42.5 Å². The lowest BCUT2D eigenvalue weighted by Gasteiger charge is -2.30. The molecule has 0 amide bonds. The van der Waals surface area contributed by atoms with Gasteiger partial charge in [0, 0.05) is 24.3 Å². The van der Waals surface area contributed by atoms with Gasteiger partial charge in [0.05, 0.1) is 0 Å². The zero-order valence-corrected chi connectivity index (χ0v) is 23.0. The largest absolute Gasteiger partial charge is 0.481 e. The first-order valence-corrected chi connectivity index (χ1v) is 12.1. The van der Waals surface area contributed by atoms with Gasteiger partial charge in [0.25, 0.3) is 0 Å². The number of Topliss-reactive ketones (excluding diaryl/α,β-unsaturated/α-hetero) is 4. The van der Waals surface area contributed by atoms with E-state index in [1.54, 1.807) is 25.1 Å². The van der Waals surface area contributed by atoms with Crippen LogP contribution in [0.3, 0.4) is 0 Å². The topological polar surface area (TPSA) is 106 Å². The van der Waals surface area contributed by atoms with Crippen LogP contribution < -0.4 is 0 Å². The van der Waals surface area contributed by atoms with E-state index in [4.69, 9.17) is 16.7 Å². The Morgan fingerprint density at radius 3 is 1.75 bits per heavy atom. The summed E-state index contributed by atoms with van der Waals surface area (Å²) in [5, 5.41) is 8.16. The second-order valence-corrected chi connectivity index (χ2v) is 9.27. The first kappa shape index (κ1) is 32.9. The highest BCUT2D eigenvalue weighted by molar-refractivity contribution is 6.30. The predicted molar refractivity (Wildman–Crippen MR) is 143 cm³/mol. The van der Waals surface area contributed by atoms with Crippen molar-refractivity contribution in [3.05, 3.63) is 69.7 Å². The third-order valence-corrected chi connectivity index (χ3v) is 5.67. The molecule has 0 saturated carbocycles. The van der Waals surface area contributed by atoms with Crippen molar-refractivity contribution in [2.45, 2.75) is 79.6 Å². The van der Waals surface area contributed by atoms with Gasteiger partial charge in [0.1, 0.15) is 28.5 Å². The monoisotopic (exact) mass is 516 g/mol. The maximum atomic E-state index is 12.7. The van der Waals surface area contributed by atoms with E-state index in [-0.39, 0.29) is 42.4 Å². The maximum Gasteiger partial charge on any atom is 0.303 e. The molecule has 1 N–H and O–H groups in total. The number of rotatable bonds is 9. The van der Waals surface area contributed by atoms with E-state index in [1.807, 2.05) is 38.1 Å². The van der Waals surface area contributed by atoms with Crippen LogP contribution in [0.5, 0.6) is 0 Å². The predicted octanol–water partition coefficient (Wildman–Crippen LogP) is 6.04. The first-order chi connectivity index (χ1) is 16.7. The number of carboxylic acid groups (broad SMARTS) is 1. The number of carbonyl (C=O) groups is 5. The Kier molecular flexibility index (Phi) is 14.4. The average Bonchev–Trinajstić information content (AvgIpc) is 2.78. The summed E-state index contributed by atoms with van der Waals surface area (Å²) in [5.74, 6) is -1.35. The molecule has 0 atom stereocenters. The molecular formula is C29H37ClO6. The molecule has 0 aliphatic carbocycles. The van der Waals surface area contributed by atoms with Crippen LogP contribution in [0.1, 0.15) is 76.1 Å². The van der Waals surface area contributed by atoms with Gasteiger partial charge >= 0.3 is 5.97 Å². The Bertz CT molecular complexity index is 1050. The second kappa shape index (κ2) is 15.8. The van der Waals surface area contributed by atoms with E-state index >= 15 is 0 Å². The molecular weight excluding hydrogens is 480 g/mol. The van der Waals surface area contributed by atoms with Gasteiger partial charge in [-0.2, -0.15) is 0 Å². The van der Waals surface area contributed by atoms with Gasteiger partial charge < -0.3 is 9.90 Å². The third kappa shape index (κ3) is 11.1. The van der Waals surface area contributed by atoms with Gasteiger partial charge in [-0.25, -0.2) is 0 Å². The van der Waals surface area contributed by atoms with Crippen LogP contribution in [0, 0.1) is 13.8 Å². The summed E-state index contributed by atoms with van der Waals surface area (Å²) >= 11 is 6.12. The zero-order chi connectivity index (χ0) is 28.1. The number of halogens is 1. The number of hydrogen-bond acceptors (Lipinski definition) is 5. The van der Waals surface area contributed by atoms with Crippen molar-refractivity contribution in [1.29, 1.82) is 0 Å². The highest BCUT2D eigenvalue weighted by Crippen LogP contribution is 2.35. The maximum absolute atomic E-state index is 12.7. The zero-order valence-electron chi connectivity index (χ0n) is 22.2. The summed E-state index contributed by atoms with van der Waals surface area (Å²) in [6, 6.07) is 13.1. The smallest absolute Gasteiger partial charge is 0.303 e. The molecule has 0 fully saturated rings. The van der Waals surface area contributed by atoms with E-state index in [0.717, 1.165) is 16.7 Å². The molecule has 0 heterocycles. The lowest BCUT2D eigenvalue weighted by atomic mass is 9.69. The molecule has 0 aliphatic rings. The minimum atomic E-state index is -1.47. The van der Waals surface area contributed by atoms with E-state index in [1.165, 1.54) is 27.7 Å². The minimum absolute atomic E-state index is 0.111. The lowest BCUT2D eigenvalue weighted by molar-refractivity contribution is -0.137. The molecule has 0 bridgehead atoms. The van der Waals surface area contributed by atoms with Crippen LogP contribution in [-0.2, 0) is 35.8 Å². The summed E-state index contributed by atoms with van der Waals surface area (Å²) in [6.45, 7) is 11.2. The number of aliphatic carboxylic acids is 1. The Labute approximate surface area is 219 Å². The summed E-state index contributed by atoms with van der Waals surface area (Å²) in [5.41, 5.74) is 2.05. The second-order valence-electron chi connectivity index (χ2n) is 8.83. The Hall–Kier alpha value is -3.12. The highest BCUT2D eigenvalue weighted by atomic mass is 35.5. The van der Waals surface area contributed by atoms with E-state index in [0.29, 0.717) is 17.0 Å². The van der Waals surface area contributed by atoms with Crippen molar-refractivity contribution in [2.24, 2.45) is 0 Å². The van der Waals surface area contributed by atoms with Gasteiger partial charge in [-0.05, 0) is 76.8 Å². The molecule has 0 unspecified atom stereocenters. The highest BCUT2D eigenvalue weighted by Gasteiger charge is 2.44. The summed E-state index contributed by atoms with van der Waals surface area (Å²) in [4.78, 5) is 56.8. The van der Waals surface area contributed by atoms with Gasteiger partial charge in [-0.3, -0.25) is 19.2 Å². The molecule has 0 saturated heterocycles. The number of aryl methyl sites for hydroxylation is 3. The van der Waals surface area contributed by atoms with Gasteiger partial charge in [-0.1, -0.05) is 54.4 Å². The van der Waals surface area contributed by atoms with Gasteiger partial charge in [-0.15, -0.1) is 0 Å². The van der Waals surface area contributed by atoms with Crippen molar-refractivity contribution in [2.75, 3.05) is 0 Å². The summed E-state index contributed by atoms with van der Waals surface area (Å²) < 4.78 is 0. The SMILES string of the molecule is CC(=O)C(CC(=O)CCc1ccc(C)cc1)(C(C)=O)c1cc(Cl)ccc1C.CC(C)=O.CCC(=O)O. The van der Waals surface area contributed by atoms with Gasteiger partial charge in [0.2, 0.25) is 0 Å². The van der Waals surface area contributed by atoms with E-state index < -0.39 is 11.4 Å². The van der Waals surface area contributed by atoms with Crippen molar-refractivity contribution in [1.82, 2.24) is 0 Å². The van der Waals surface area contributed by atoms with Crippen LogP contribution in [0.2, 0.25) is 5.02 Å². The van der Waals surface area contributed by atoms with Crippen LogP contribution in [0.25, 0.3) is 0 Å². The molecule has 6 nitrogen and oxygen atoms in total. The van der Waals surface area contributed by atoms with E-state index in [9.17, 15) is 24.0 Å². The average molecular weight is 517 g/mol. The Morgan fingerprint density at radius 2 is 1.33 bits per heavy atom. The number of carbonyl (C=O) groups excluding carboxylic acids is 4.